The third kappa shape index (κ3) is 3.54. The lowest BCUT2D eigenvalue weighted by atomic mass is 10.2. The molecule has 1 aromatic carbocycles. The van der Waals surface area contributed by atoms with Crippen LogP contribution in [0.3, 0.4) is 0 Å². The Hall–Kier alpha value is -2.38. The van der Waals surface area contributed by atoms with Crippen LogP contribution >= 0.6 is 0 Å². The summed E-state index contributed by atoms with van der Waals surface area (Å²) in [6.45, 7) is -1.35. The van der Waals surface area contributed by atoms with Crippen LogP contribution in [-0.4, -0.2) is 33.4 Å². The molecule has 0 saturated carbocycles. The van der Waals surface area contributed by atoms with Crippen molar-refractivity contribution < 1.29 is 18.0 Å². The largest absolute Gasteiger partial charge is 0.405 e. The monoisotopic (exact) mass is 270 g/mol. The first-order chi connectivity index (χ1) is 8.96. The van der Waals surface area contributed by atoms with Gasteiger partial charge in [0, 0.05) is 5.56 Å². The van der Waals surface area contributed by atoms with Gasteiger partial charge >= 0.3 is 6.18 Å². The molecule has 0 radical (unpaired) electrons. The molecular weight excluding hydrogens is 261 g/mol. The predicted octanol–water partition coefficient (Wildman–Crippen LogP) is 1.56. The van der Waals surface area contributed by atoms with Crippen LogP contribution in [0.25, 0.3) is 5.69 Å². The van der Waals surface area contributed by atoms with Gasteiger partial charge in [-0.25, -0.2) is 9.67 Å². The Balaban J connectivity index is 2.04. The summed E-state index contributed by atoms with van der Waals surface area (Å²) < 4.78 is 37.3. The van der Waals surface area contributed by atoms with Gasteiger partial charge in [-0.2, -0.15) is 18.3 Å². The van der Waals surface area contributed by atoms with Crippen molar-refractivity contribution in [1.82, 2.24) is 20.1 Å². The van der Waals surface area contributed by atoms with E-state index in [1.54, 1.807) is 17.4 Å². The first kappa shape index (κ1) is 13.1. The summed E-state index contributed by atoms with van der Waals surface area (Å²) in [5.41, 5.74) is 0.804. The van der Waals surface area contributed by atoms with E-state index in [0.29, 0.717) is 5.69 Å². The first-order valence-corrected chi connectivity index (χ1v) is 5.26. The molecule has 0 aliphatic rings. The second kappa shape index (κ2) is 5.09. The zero-order valence-electron chi connectivity index (χ0n) is 9.55. The number of nitrogens with one attached hydrogen (secondary N) is 1. The van der Waals surface area contributed by atoms with E-state index in [-0.39, 0.29) is 5.56 Å². The first-order valence-electron chi connectivity index (χ1n) is 5.26. The molecule has 2 rings (SSSR count). The van der Waals surface area contributed by atoms with E-state index in [1.807, 2.05) is 0 Å². The summed E-state index contributed by atoms with van der Waals surface area (Å²) >= 11 is 0. The normalized spacial score (nSPS) is 11.3. The van der Waals surface area contributed by atoms with Crippen molar-refractivity contribution in [3.63, 3.8) is 0 Å². The number of benzene rings is 1. The molecular formula is C11H9F3N4O. The molecule has 2 aromatic rings. The molecule has 0 aliphatic heterocycles. The van der Waals surface area contributed by atoms with Crippen LogP contribution in [0.15, 0.2) is 36.9 Å². The number of hydrogen-bond donors (Lipinski definition) is 1. The Morgan fingerprint density at radius 1 is 1.26 bits per heavy atom. The average Bonchev–Trinajstić information content (AvgIpc) is 2.89. The second-order valence-electron chi connectivity index (χ2n) is 3.68. The lowest BCUT2D eigenvalue weighted by Crippen LogP contribution is -2.33. The van der Waals surface area contributed by atoms with Crippen LogP contribution < -0.4 is 5.32 Å². The van der Waals surface area contributed by atoms with Gasteiger partial charge in [-0.05, 0) is 24.3 Å². The SMILES string of the molecule is O=C(NCC(F)(F)F)c1ccc(-n2cncn2)cc1. The highest BCUT2D eigenvalue weighted by Gasteiger charge is 2.27. The van der Waals surface area contributed by atoms with E-state index >= 15 is 0 Å². The van der Waals surface area contributed by atoms with Gasteiger partial charge in [-0.1, -0.05) is 0 Å². The van der Waals surface area contributed by atoms with Gasteiger partial charge in [0.2, 0.25) is 0 Å². The minimum absolute atomic E-state index is 0.146. The lowest BCUT2D eigenvalue weighted by Gasteiger charge is -2.08. The van der Waals surface area contributed by atoms with Crippen molar-refractivity contribution >= 4 is 5.91 Å². The molecule has 0 aliphatic carbocycles. The highest BCUT2D eigenvalue weighted by Crippen LogP contribution is 2.13. The number of alkyl halides is 3. The summed E-state index contributed by atoms with van der Waals surface area (Å²) in [5.74, 6) is -0.775. The number of halogens is 3. The standard InChI is InChI=1S/C11H9F3N4O/c12-11(13,14)5-16-10(19)8-1-3-9(4-2-8)18-7-15-6-17-18/h1-4,6-7H,5H2,(H,16,19). The van der Waals surface area contributed by atoms with Crippen LogP contribution in [0, 0.1) is 0 Å². The fraction of sp³-hybridized carbons (Fsp3) is 0.182. The molecule has 0 fully saturated rings. The zero-order valence-corrected chi connectivity index (χ0v) is 9.55. The number of nitrogens with zero attached hydrogens (tertiary/aromatic N) is 3. The maximum absolute atomic E-state index is 11.9. The van der Waals surface area contributed by atoms with Crippen molar-refractivity contribution in [2.45, 2.75) is 6.18 Å². The van der Waals surface area contributed by atoms with Gasteiger partial charge < -0.3 is 5.32 Å². The van der Waals surface area contributed by atoms with E-state index in [1.165, 1.54) is 29.5 Å². The topological polar surface area (TPSA) is 59.8 Å². The summed E-state index contributed by atoms with van der Waals surface area (Å²) in [6, 6.07) is 5.97. The lowest BCUT2D eigenvalue weighted by molar-refractivity contribution is -0.123. The van der Waals surface area contributed by atoms with Gasteiger partial charge in [-0.15, -0.1) is 0 Å². The van der Waals surface area contributed by atoms with E-state index in [9.17, 15) is 18.0 Å². The van der Waals surface area contributed by atoms with Gasteiger partial charge in [0.1, 0.15) is 19.2 Å². The molecule has 8 heteroatoms. The van der Waals surface area contributed by atoms with E-state index in [2.05, 4.69) is 10.1 Å². The number of carbonyl (C=O) groups excluding carboxylic acids is 1. The molecule has 1 amide bonds. The number of hydrogen-bond acceptors (Lipinski definition) is 3. The van der Waals surface area contributed by atoms with Crippen LogP contribution in [0.5, 0.6) is 0 Å². The molecule has 1 aromatic heterocycles. The molecule has 0 unspecified atom stereocenters. The van der Waals surface area contributed by atoms with Crippen LogP contribution in [0.2, 0.25) is 0 Å². The predicted molar refractivity (Wildman–Crippen MR) is 59.7 cm³/mol. The third-order valence-electron chi connectivity index (χ3n) is 2.26. The number of aromatic nitrogens is 3. The Kier molecular flexibility index (Phi) is 3.50. The number of rotatable bonds is 3. The summed E-state index contributed by atoms with van der Waals surface area (Å²) in [7, 11) is 0. The number of amides is 1. The van der Waals surface area contributed by atoms with Crippen molar-refractivity contribution in [3.8, 4) is 5.69 Å². The van der Waals surface area contributed by atoms with Crippen molar-refractivity contribution in [3.05, 3.63) is 42.5 Å². The molecule has 0 saturated heterocycles. The summed E-state index contributed by atoms with van der Waals surface area (Å²) in [4.78, 5) is 15.2. The average molecular weight is 270 g/mol. The van der Waals surface area contributed by atoms with Gasteiger partial charge in [0.25, 0.3) is 5.91 Å². The van der Waals surface area contributed by atoms with Crippen molar-refractivity contribution in [1.29, 1.82) is 0 Å². The Morgan fingerprint density at radius 3 is 2.47 bits per heavy atom. The van der Waals surface area contributed by atoms with E-state index < -0.39 is 18.6 Å². The van der Waals surface area contributed by atoms with Crippen LogP contribution in [0.4, 0.5) is 13.2 Å². The molecule has 0 atom stereocenters. The van der Waals surface area contributed by atoms with Crippen LogP contribution in [-0.2, 0) is 0 Å². The maximum atomic E-state index is 11.9. The number of carbonyl (C=O) groups is 1. The molecule has 5 nitrogen and oxygen atoms in total. The molecule has 1 heterocycles. The van der Waals surface area contributed by atoms with Gasteiger partial charge in [0.05, 0.1) is 5.69 Å². The van der Waals surface area contributed by atoms with E-state index in [0.717, 1.165) is 0 Å². The fourth-order valence-electron chi connectivity index (χ4n) is 1.39. The maximum Gasteiger partial charge on any atom is 0.405 e. The fourth-order valence-corrected chi connectivity index (χ4v) is 1.39. The third-order valence-corrected chi connectivity index (χ3v) is 2.26. The quantitative estimate of drug-likeness (QED) is 0.920. The van der Waals surface area contributed by atoms with Crippen molar-refractivity contribution in [2.75, 3.05) is 6.54 Å². The molecule has 0 bridgehead atoms. The highest BCUT2D eigenvalue weighted by molar-refractivity contribution is 5.94. The minimum atomic E-state index is -4.42. The zero-order chi connectivity index (χ0) is 13.9. The molecule has 19 heavy (non-hydrogen) atoms. The smallest absolute Gasteiger partial charge is 0.343 e. The molecule has 100 valence electrons. The van der Waals surface area contributed by atoms with Gasteiger partial charge in [-0.3, -0.25) is 4.79 Å². The summed E-state index contributed by atoms with van der Waals surface area (Å²) in [6.07, 6.45) is -1.60. The van der Waals surface area contributed by atoms with Crippen molar-refractivity contribution in [2.24, 2.45) is 0 Å². The van der Waals surface area contributed by atoms with E-state index in [4.69, 9.17) is 0 Å². The second-order valence-corrected chi connectivity index (χ2v) is 3.68. The Labute approximate surface area is 106 Å². The minimum Gasteiger partial charge on any atom is -0.343 e. The molecule has 1 N–H and O–H groups in total. The Bertz CT molecular complexity index is 548. The summed E-state index contributed by atoms with van der Waals surface area (Å²) in [5, 5.41) is 5.68. The van der Waals surface area contributed by atoms with Crippen LogP contribution in [0.1, 0.15) is 10.4 Å². The highest BCUT2D eigenvalue weighted by atomic mass is 19.4. The molecule has 0 spiro atoms. The Morgan fingerprint density at radius 2 is 1.95 bits per heavy atom. The van der Waals surface area contributed by atoms with Gasteiger partial charge in [0.15, 0.2) is 0 Å².